The molecule has 124 valence electrons. The predicted octanol–water partition coefficient (Wildman–Crippen LogP) is 4.49. The van der Waals surface area contributed by atoms with Crippen molar-refractivity contribution in [3.8, 4) is 0 Å². The summed E-state index contributed by atoms with van der Waals surface area (Å²) < 4.78 is 1.93. The van der Waals surface area contributed by atoms with Crippen LogP contribution in [0.15, 0.2) is 18.2 Å². The van der Waals surface area contributed by atoms with E-state index in [0.717, 1.165) is 52.2 Å². The Balaban J connectivity index is 1.76. The molecule has 0 aliphatic heterocycles. The van der Waals surface area contributed by atoms with Gasteiger partial charge in [-0.2, -0.15) is 5.10 Å². The highest BCUT2D eigenvalue weighted by molar-refractivity contribution is 7.80. The van der Waals surface area contributed by atoms with Gasteiger partial charge < -0.3 is 10.6 Å². The van der Waals surface area contributed by atoms with Crippen LogP contribution in [-0.4, -0.2) is 21.4 Å². The largest absolute Gasteiger partial charge is 0.362 e. The van der Waals surface area contributed by atoms with E-state index in [1.807, 2.05) is 43.7 Å². The van der Waals surface area contributed by atoms with Crippen LogP contribution in [0.5, 0.6) is 0 Å². The maximum atomic E-state index is 6.14. The van der Waals surface area contributed by atoms with Gasteiger partial charge in [-0.15, -0.1) is 0 Å². The van der Waals surface area contributed by atoms with Crippen molar-refractivity contribution in [1.29, 1.82) is 0 Å². The molecule has 1 heterocycles. The Morgan fingerprint density at radius 3 is 2.61 bits per heavy atom. The van der Waals surface area contributed by atoms with E-state index in [-0.39, 0.29) is 0 Å². The lowest BCUT2D eigenvalue weighted by Gasteiger charge is -2.11. The Bertz CT molecular complexity index is 712. The first-order chi connectivity index (χ1) is 10.9. The van der Waals surface area contributed by atoms with Crippen LogP contribution < -0.4 is 10.6 Å². The summed E-state index contributed by atoms with van der Waals surface area (Å²) in [4.78, 5) is 0. The number of rotatable bonds is 5. The molecule has 0 aliphatic carbocycles. The van der Waals surface area contributed by atoms with E-state index >= 15 is 0 Å². The molecule has 0 bridgehead atoms. The van der Waals surface area contributed by atoms with Gasteiger partial charge >= 0.3 is 0 Å². The van der Waals surface area contributed by atoms with Gasteiger partial charge in [0.15, 0.2) is 5.11 Å². The molecule has 0 radical (unpaired) electrons. The smallest absolute Gasteiger partial charge is 0.170 e. The summed E-state index contributed by atoms with van der Waals surface area (Å²) in [7, 11) is 0. The third kappa shape index (κ3) is 4.83. The van der Waals surface area contributed by atoms with Crippen molar-refractivity contribution < 1.29 is 0 Å². The fraction of sp³-hybridized carbons (Fsp3) is 0.375. The summed E-state index contributed by atoms with van der Waals surface area (Å²) >= 11 is 17.5. The van der Waals surface area contributed by atoms with E-state index in [1.165, 1.54) is 0 Å². The number of thiocarbonyl (C=S) groups is 1. The Hall–Kier alpha value is -1.30. The molecule has 0 amide bonds. The zero-order valence-corrected chi connectivity index (χ0v) is 15.7. The minimum Gasteiger partial charge on any atom is -0.362 e. The normalized spacial score (nSPS) is 10.7. The third-order valence-electron chi connectivity index (χ3n) is 3.56. The van der Waals surface area contributed by atoms with Crippen molar-refractivity contribution in [2.75, 3.05) is 11.9 Å². The molecule has 0 saturated carbocycles. The highest BCUT2D eigenvalue weighted by atomic mass is 35.5. The molecule has 0 aliphatic rings. The predicted molar refractivity (Wildman–Crippen MR) is 102 cm³/mol. The van der Waals surface area contributed by atoms with Gasteiger partial charge in [0.1, 0.15) is 0 Å². The topological polar surface area (TPSA) is 41.9 Å². The lowest BCUT2D eigenvalue weighted by atomic mass is 10.2. The van der Waals surface area contributed by atoms with Crippen LogP contribution in [0.1, 0.15) is 23.4 Å². The van der Waals surface area contributed by atoms with Gasteiger partial charge in [-0.1, -0.05) is 29.3 Å². The monoisotopic (exact) mass is 370 g/mol. The fourth-order valence-electron chi connectivity index (χ4n) is 2.17. The lowest BCUT2D eigenvalue weighted by Crippen LogP contribution is -2.29. The summed E-state index contributed by atoms with van der Waals surface area (Å²) in [5.41, 5.74) is 3.78. The van der Waals surface area contributed by atoms with Crippen LogP contribution in [0.25, 0.3) is 0 Å². The van der Waals surface area contributed by atoms with Gasteiger partial charge in [-0.25, -0.2) is 0 Å². The molecule has 2 N–H and O–H groups in total. The molecule has 0 unspecified atom stereocenters. The van der Waals surface area contributed by atoms with Gasteiger partial charge in [0.25, 0.3) is 0 Å². The van der Waals surface area contributed by atoms with Crippen molar-refractivity contribution in [2.45, 2.75) is 33.7 Å². The van der Waals surface area contributed by atoms with E-state index in [4.69, 9.17) is 35.4 Å². The third-order valence-corrected chi connectivity index (χ3v) is 4.76. The molecule has 23 heavy (non-hydrogen) atoms. The van der Waals surface area contributed by atoms with Crippen molar-refractivity contribution in [3.63, 3.8) is 0 Å². The Kier molecular flexibility index (Phi) is 6.27. The summed E-state index contributed by atoms with van der Waals surface area (Å²) in [6.07, 6.45) is 0.898. The average molecular weight is 371 g/mol. The van der Waals surface area contributed by atoms with Crippen LogP contribution in [0, 0.1) is 20.8 Å². The highest BCUT2D eigenvalue weighted by Gasteiger charge is 2.08. The van der Waals surface area contributed by atoms with Gasteiger partial charge in [-0.3, -0.25) is 4.68 Å². The van der Waals surface area contributed by atoms with Crippen LogP contribution >= 0.6 is 35.4 Å². The summed E-state index contributed by atoms with van der Waals surface area (Å²) in [5.74, 6) is 0. The fourth-order valence-corrected chi connectivity index (χ4v) is 2.71. The number of aromatic nitrogens is 2. The number of nitrogens with one attached hydrogen (secondary N) is 2. The molecule has 0 saturated heterocycles. The number of hydrogen-bond donors (Lipinski definition) is 2. The van der Waals surface area contributed by atoms with Crippen LogP contribution in [0.3, 0.4) is 0 Å². The molecular weight excluding hydrogens is 351 g/mol. The van der Waals surface area contributed by atoms with Gasteiger partial charge in [0, 0.05) is 23.8 Å². The number of benzene rings is 1. The first-order valence-corrected chi connectivity index (χ1v) is 8.55. The molecule has 1 aromatic heterocycles. The molecule has 0 spiro atoms. The zero-order chi connectivity index (χ0) is 17.0. The van der Waals surface area contributed by atoms with E-state index in [9.17, 15) is 0 Å². The Labute approximate surface area is 152 Å². The first kappa shape index (κ1) is 18.0. The maximum absolute atomic E-state index is 6.14. The molecule has 7 heteroatoms. The van der Waals surface area contributed by atoms with Crippen molar-refractivity contribution in [1.82, 2.24) is 15.1 Å². The van der Waals surface area contributed by atoms with E-state index in [2.05, 4.69) is 15.7 Å². The van der Waals surface area contributed by atoms with Crippen LogP contribution in [0.2, 0.25) is 10.0 Å². The minimum absolute atomic E-state index is 0.580. The molecule has 1 aromatic carbocycles. The number of nitrogens with zero attached hydrogens (tertiary/aromatic N) is 2. The van der Waals surface area contributed by atoms with Gasteiger partial charge in [0.2, 0.25) is 0 Å². The second-order valence-corrected chi connectivity index (χ2v) is 6.60. The van der Waals surface area contributed by atoms with E-state index < -0.39 is 0 Å². The zero-order valence-electron chi connectivity index (χ0n) is 13.4. The number of aryl methyl sites for hydroxylation is 3. The standard InChI is InChI=1S/C16H20Cl2N4S/c1-10-5-6-13(9-14(10)17)20-16(23)19-7-4-8-22-12(3)15(18)11(2)21-22/h5-6,9H,4,7-8H2,1-3H3,(H2,19,20,23). The summed E-state index contributed by atoms with van der Waals surface area (Å²) in [6, 6.07) is 5.77. The van der Waals surface area contributed by atoms with E-state index in [0.29, 0.717) is 5.11 Å². The summed E-state index contributed by atoms with van der Waals surface area (Å²) in [5, 5.41) is 12.8. The average Bonchev–Trinajstić information content (AvgIpc) is 2.75. The number of halogens is 2. The first-order valence-electron chi connectivity index (χ1n) is 7.39. The van der Waals surface area contributed by atoms with E-state index in [1.54, 1.807) is 0 Å². The van der Waals surface area contributed by atoms with Gasteiger partial charge in [0.05, 0.1) is 16.4 Å². The van der Waals surface area contributed by atoms with Crippen molar-refractivity contribution >= 4 is 46.2 Å². The van der Waals surface area contributed by atoms with Crippen molar-refractivity contribution in [2.24, 2.45) is 0 Å². The Morgan fingerprint density at radius 1 is 1.26 bits per heavy atom. The SMILES string of the molecule is Cc1ccc(NC(=S)NCCCn2nc(C)c(Cl)c2C)cc1Cl. The second-order valence-electron chi connectivity index (χ2n) is 5.41. The van der Waals surface area contributed by atoms with Crippen LogP contribution in [-0.2, 0) is 6.54 Å². The van der Waals surface area contributed by atoms with Gasteiger partial charge in [-0.05, 0) is 57.1 Å². The highest BCUT2D eigenvalue weighted by Crippen LogP contribution is 2.20. The molecule has 0 atom stereocenters. The van der Waals surface area contributed by atoms with Crippen molar-refractivity contribution in [3.05, 3.63) is 45.2 Å². The lowest BCUT2D eigenvalue weighted by molar-refractivity contribution is 0.558. The molecule has 0 fully saturated rings. The minimum atomic E-state index is 0.580. The summed E-state index contributed by atoms with van der Waals surface area (Å²) in [6.45, 7) is 7.40. The molecule has 2 aromatic rings. The quantitative estimate of drug-likeness (QED) is 0.600. The second kappa shape index (κ2) is 7.99. The number of hydrogen-bond acceptors (Lipinski definition) is 2. The maximum Gasteiger partial charge on any atom is 0.170 e. The molecule has 4 nitrogen and oxygen atoms in total. The van der Waals surface area contributed by atoms with Crippen LogP contribution in [0.4, 0.5) is 5.69 Å². The molecule has 2 rings (SSSR count). The molecular formula is C16H20Cl2N4S. The Morgan fingerprint density at radius 2 is 2.00 bits per heavy atom. The number of anilines is 1.